The van der Waals surface area contributed by atoms with Gasteiger partial charge < -0.3 is 5.32 Å². The molecule has 2 fully saturated rings. The molecule has 5 rings (SSSR count). The van der Waals surface area contributed by atoms with Gasteiger partial charge in [0.2, 0.25) is 5.91 Å². The number of hydrogen-bond donors (Lipinski definition) is 1. The first kappa shape index (κ1) is 17.9. The number of nitrogens with zero attached hydrogens (tertiary/aromatic N) is 2. The van der Waals surface area contributed by atoms with E-state index in [-0.39, 0.29) is 5.91 Å². The quantitative estimate of drug-likeness (QED) is 0.575. The van der Waals surface area contributed by atoms with Crippen LogP contribution in [0.3, 0.4) is 0 Å². The molecular weight excluding hydrogens is 374 g/mol. The summed E-state index contributed by atoms with van der Waals surface area (Å²) in [7, 11) is 0. The van der Waals surface area contributed by atoms with Crippen molar-refractivity contribution in [3.63, 3.8) is 0 Å². The summed E-state index contributed by atoms with van der Waals surface area (Å²) < 4.78 is 0. The summed E-state index contributed by atoms with van der Waals surface area (Å²) in [5.41, 5.74) is 1.47. The fourth-order valence-corrected chi connectivity index (χ4v) is 6.75. The van der Waals surface area contributed by atoms with E-state index in [2.05, 4.69) is 12.2 Å². The second-order valence-corrected chi connectivity index (χ2v) is 10.6. The Balaban J connectivity index is 1.41. The SMILES string of the molecule is CC1CCc2c(sc3nc(C4CC4)nc(SCC(=O)NC4CCCC4)c23)C1. The molecule has 1 amide bonds. The summed E-state index contributed by atoms with van der Waals surface area (Å²) in [6.45, 7) is 2.34. The molecule has 3 aliphatic rings. The minimum Gasteiger partial charge on any atom is -0.353 e. The Kier molecular flexibility index (Phi) is 4.88. The van der Waals surface area contributed by atoms with E-state index in [1.807, 2.05) is 11.3 Å². The third-order valence-electron chi connectivity index (χ3n) is 6.14. The number of aryl methyl sites for hydroxylation is 1. The topological polar surface area (TPSA) is 54.9 Å². The molecule has 0 aromatic carbocycles. The minimum absolute atomic E-state index is 0.157. The molecule has 1 unspecified atom stereocenters. The summed E-state index contributed by atoms with van der Waals surface area (Å²) in [5.74, 6) is 2.93. The Morgan fingerprint density at radius 2 is 2.00 bits per heavy atom. The molecule has 2 aromatic rings. The summed E-state index contributed by atoms with van der Waals surface area (Å²) in [6.07, 6.45) is 10.7. The molecule has 1 N–H and O–H groups in total. The van der Waals surface area contributed by atoms with Crippen molar-refractivity contribution in [1.82, 2.24) is 15.3 Å². The zero-order chi connectivity index (χ0) is 18.4. The summed E-state index contributed by atoms with van der Waals surface area (Å²) in [6, 6.07) is 0.390. The number of thioether (sulfide) groups is 1. The minimum atomic E-state index is 0.157. The van der Waals surface area contributed by atoms with Crippen LogP contribution in [0.1, 0.15) is 74.1 Å². The van der Waals surface area contributed by atoms with Crippen LogP contribution < -0.4 is 5.32 Å². The van der Waals surface area contributed by atoms with Gasteiger partial charge in [-0.05, 0) is 56.4 Å². The van der Waals surface area contributed by atoms with Crippen LogP contribution in [0.5, 0.6) is 0 Å². The van der Waals surface area contributed by atoms with Crippen molar-refractivity contribution in [1.29, 1.82) is 0 Å². The highest BCUT2D eigenvalue weighted by Gasteiger charge is 2.30. The lowest BCUT2D eigenvalue weighted by atomic mass is 9.89. The van der Waals surface area contributed by atoms with Crippen LogP contribution >= 0.6 is 23.1 Å². The fraction of sp³-hybridized carbons (Fsp3) is 0.667. The van der Waals surface area contributed by atoms with E-state index in [0.29, 0.717) is 17.7 Å². The fourth-order valence-electron chi connectivity index (χ4n) is 4.43. The van der Waals surface area contributed by atoms with Gasteiger partial charge in [0.05, 0.1) is 5.75 Å². The maximum absolute atomic E-state index is 12.4. The number of amides is 1. The van der Waals surface area contributed by atoms with Crippen molar-refractivity contribution in [3.8, 4) is 0 Å². The Labute approximate surface area is 168 Å². The molecule has 27 heavy (non-hydrogen) atoms. The zero-order valence-electron chi connectivity index (χ0n) is 15.9. The second kappa shape index (κ2) is 7.36. The van der Waals surface area contributed by atoms with E-state index in [9.17, 15) is 4.79 Å². The maximum Gasteiger partial charge on any atom is 0.230 e. The predicted molar refractivity (Wildman–Crippen MR) is 112 cm³/mol. The predicted octanol–water partition coefficient (Wildman–Crippen LogP) is 4.84. The van der Waals surface area contributed by atoms with Gasteiger partial charge in [-0.15, -0.1) is 11.3 Å². The average Bonchev–Trinajstić information content (AvgIpc) is 3.26. The van der Waals surface area contributed by atoms with Gasteiger partial charge in [-0.3, -0.25) is 4.79 Å². The van der Waals surface area contributed by atoms with Crippen LogP contribution in [0, 0.1) is 5.92 Å². The zero-order valence-corrected chi connectivity index (χ0v) is 17.6. The van der Waals surface area contributed by atoms with Gasteiger partial charge in [0.15, 0.2) is 0 Å². The van der Waals surface area contributed by atoms with Gasteiger partial charge in [-0.25, -0.2) is 9.97 Å². The smallest absolute Gasteiger partial charge is 0.230 e. The largest absolute Gasteiger partial charge is 0.353 e. The van der Waals surface area contributed by atoms with Crippen LogP contribution in [0.15, 0.2) is 5.03 Å². The lowest BCUT2D eigenvalue weighted by molar-refractivity contribution is -0.119. The maximum atomic E-state index is 12.4. The molecule has 4 nitrogen and oxygen atoms in total. The van der Waals surface area contributed by atoms with E-state index in [1.54, 1.807) is 11.8 Å². The van der Waals surface area contributed by atoms with Crippen LogP contribution in [-0.2, 0) is 17.6 Å². The Morgan fingerprint density at radius 3 is 2.78 bits per heavy atom. The van der Waals surface area contributed by atoms with E-state index >= 15 is 0 Å². The van der Waals surface area contributed by atoms with Gasteiger partial charge in [0.25, 0.3) is 0 Å². The molecule has 144 valence electrons. The molecule has 0 saturated heterocycles. The molecule has 0 spiro atoms. The highest BCUT2D eigenvalue weighted by Crippen LogP contribution is 2.44. The molecule has 1 atom stereocenters. The van der Waals surface area contributed by atoms with E-state index < -0.39 is 0 Å². The monoisotopic (exact) mass is 401 g/mol. The molecule has 0 aliphatic heterocycles. The van der Waals surface area contributed by atoms with Crippen molar-refractivity contribution in [2.24, 2.45) is 5.92 Å². The summed E-state index contributed by atoms with van der Waals surface area (Å²) >= 11 is 3.49. The van der Waals surface area contributed by atoms with Gasteiger partial charge in [0.1, 0.15) is 15.7 Å². The average molecular weight is 402 g/mol. The van der Waals surface area contributed by atoms with Crippen molar-refractivity contribution in [2.45, 2.75) is 81.7 Å². The van der Waals surface area contributed by atoms with Crippen LogP contribution in [0.4, 0.5) is 0 Å². The number of nitrogens with one attached hydrogen (secondary N) is 1. The normalized spacial score (nSPS) is 22.9. The molecular formula is C21H27N3OS2. The van der Waals surface area contributed by atoms with Gasteiger partial charge in [-0.1, -0.05) is 31.5 Å². The molecule has 2 heterocycles. The molecule has 3 aliphatic carbocycles. The first-order valence-electron chi connectivity index (χ1n) is 10.4. The molecule has 2 aromatic heterocycles. The Bertz CT molecular complexity index is 868. The number of carbonyl (C=O) groups is 1. The van der Waals surface area contributed by atoms with Gasteiger partial charge in [-0.2, -0.15) is 0 Å². The van der Waals surface area contributed by atoms with Crippen molar-refractivity contribution in [3.05, 3.63) is 16.3 Å². The number of fused-ring (bicyclic) bond motifs is 3. The third kappa shape index (κ3) is 3.75. The number of hydrogen-bond acceptors (Lipinski definition) is 5. The molecule has 2 saturated carbocycles. The lowest BCUT2D eigenvalue weighted by Gasteiger charge is -2.18. The van der Waals surface area contributed by atoms with Crippen LogP contribution in [-0.4, -0.2) is 27.7 Å². The first-order valence-corrected chi connectivity index (χ1v) is 12.2. The number of rotatable bonds is 5. The van der Waals surface area contributed by atoms with Crippen molar-refractivity contribution >= 4 is 39.2 Å². The number of thiophene rings is 1. The standard InChI is InChI=1S/C21H27N3OS2/c1-12-6-9-15-16(10-12)27-21-18(15)20(23-19(24-21)13-7-8-13)26-11-17(25)22-14-4-2-3-5-14/h12-14H,2-11H2,1H3,(H,22,25). The summed E-state index contributed by atoms with van der Waals surface area (Å²) in [4.78, 5) is 25.0. The molecule has 6 heteroatoms. The number of carbonyl (C=O) groups excluding carboxylic acids is 1. The highest BCUT2D eigenvalue weighted by atomic mass is 32.2. The van der Waals surface area contributed by atoms with Crippen molar-refractivity contribution in [2.75, 3.05) is 5.75 Å². The van der Waals surface area contributed by atoms with Crippen LogP contribution in [0.25, 0.3) is 10.2 Å². The van der Waals surface area contributed by atoms with Crippen molar-refractivity contribution < 1.29 is 4.79 Å². The molecule has 0 bridgehead atoms. The van der Waals surface area contributed by atoms with E-state index in [4.69, 9.17) is 9.97 Å². The Morgan fingerprint density at radius 1 is 1.19 bits per heavy atom. The Hall–Kier alpha value is -1.14. The summed E-state index contributed by atoms with van der Waals surface area (Å²) in [5, 5.41) is 5.51. The third-order valence-corrected chi connectivity index (χ3v) is 8.27. The lowest BCUT2D eigenvalue weighted by Crippen LogP contribution is -2.33. The van der Waals surface area contributed by atoms with E-state index in [0.717, 1.165) is 40.9 Å². The number of aromatic nitrogens is 2. The van der Waals surface area contributed by atoms with Gasteiger partial charge >= 0.3 is 0 Å². The van der Waals surface area contributed by atoms with E-state index in [1.165, 1.54) is 54.4 Å². The van der Waals surface area contributed by atoms with Gasteiger partial charge in [0, 0.05) is 22.2 Å². The molecule has 0 radical (unpaired) electrons. The second-order valence-electron chi connectivity index (χ2n) is 8.53. The highest BCUT2D eigenvalue weighted by molar-refractivity contribution is 8.00. The van der Waals surface area contributed by atoms with Crippen LogP contribution in [0.2, 0.25) is 0 Å². The first-order chi connectivity index (χ1) is 13.2.